The lowest BCUT2D eigenvalue weighted by molar-refractivity contribution is 0.259. The molecule has 2 heterocycles. The topological polar surface area (TPSA) is 30.9 Å². The SMILES string of the molecule is CCNC(=NCc1ccccc1CC)N1CCC(N2CC=CC2)C1.I. The lowest BCUT2D eigenvalue weighted by Crippen LogP contribution is -2.42. The molecule has 5 heteroatoms. The van der Waals surface area contributed by atoms with Gasteiger partial charge in [-0.1, -0.05) is 43.3 Å². The normalized spacial score (nSPS) is 20.8. The van der Waals surface area contributed by atoms with Crippen LogP contribution in [0, 0.1) is 0 Å². The van der Waals surface area contributed by atoms with Crippen LogP contribution in [0.4, 0.5) is 0 Å². The van der Waals surface area contributed by atoms with E-state index in [4.69, 9.17) is 4.99 Å². The molecule has 1 atom stereocenters. The van der Waals surface area contributed by atoms with Crippen molar-refractivity contribution in [2.24, 2.45) is 4.99 Å². The van der Waals surface area contributed by atoms with Crippen molar-refractivity contribution in [1.29, 1.82) is 0 Å². The van der Waals surface area contributed by atoms with Crippen molar-refractivity contribution in [2.75, 3.05) is 32.7 Å². The van der Waals surface area contributed by atoms with Gasteiger partial charge in [0.2, 0.25) is 0 Å². The number of benzene rings is 1. The molecule has 1 fully saturated rings. The van der Waals surface area contributed by atoms with Crippen LogP contribution in [0.3, 0.4) is 0 Å². The van der Waals surface area contributed by atoms with E-state index in [-0.39, 0.29) is 24.0 Å². The van der Waals surface area contributed by atoms with Crippen LogP contribution in [0.1, 0.15) is 31.4 Å². The third-order valence-corrected chi connectivity index (χ3v) is 5.06. The third-order valence-electron chi connectivity index (χ3n) is 5.06. The number of guanidine groups is 1. The first kappa shape index (κ1) is 20.2. The maximum Gasteiger partial charge on any atom is 0.194 e. The number of aliphatic imine (C=N–C) groups is 1. The molecule has 0 bridgehead atoms. The summed E-state index contributed by atoms with van der Waals surface area (Å²) in [5, 5.41) is 3.49. The van der Waals surface area contributed by atoms with Gasteiger partial charge in [0.15, 0.2) is 5.96 Å². The number of nitrogens with zero attached hydrogens (tertiary/aromatic N) is 3. The molecule has 0 spiro atoms. The third kappa shape index (κ3) is 5.20. The molecule has 1 aromatic carbocycles. The lowest BCUT2D eigenvalue weighted by Gasteiger charge is -2.25. The highest BCUT2D eigenvalue weighted by Crippen LogP contribution is 2.18. The Bertz CT molecular complexity index is 591. The Balaban J connectivity index is 0.00000225. The quantitative estimate of drug-likeness (QED) is 0.321. The summed E-state index contributed by atoms with van der Waals surface area (Å²) in [6, 6.07) is 9.31. The summed E-state index contributed by atoms with van der Waals surface area (Å²) in [7, 11) is 0. The molecule has 2 aliphatic heterocycles. The molecule has 3 rings (SSSR count). The van der Waals surface area contributed by atoms with Gasteiger partial charge in [0.05, 0.1) is 6.54 Å². The molecule has 138 valence electrons. The standard InChI is InChI=1S/C20H30N4.HI/c1-3-17-9-5-6-10-18(17)15-22-20(21-4-2)24-14-11-19(16-24)23-12-7-8-13-23;/h5-10,19H,3-4,11-16H2,1-2H3,(H,21,22);1H. The predicted molar refractivity (Wildman–Crippen MR) is 117 cm³/mol. The van der Waals surface area contributed by atoms with Crippen LogP contribution in [-0.2, 0) is 13.0 Å². The van der Waals surface area contributed by atoms with Crippen molar-refractivity contribution in [2.45, 2.75) is 39.3 Å². The van der Waals surface area contributed by atoms with E-state index in [0.717, 1.165) is 51.6 Å². The average Bonchev–Trinajstić information content (AvgIpc) is 3.29. The van der Waals surface area contributed by atoms with Crippen molar-refractivity contribution in [3.05, 3.63) is 47.5 Å². The number of rotatable bonds is 5. The largest absolute Gasteiger partial charge is 0.357 e. The van der Waals surface area contributed by atoms with Crippen LogP contribution >= 0.6 is 24.0 Å². The van der Waals surface area contributed by atoms with Gasteiger partial charge in [-0.25, -0.2) is 4.99 Å². The van der Waals surface area contributed by atoms with Gasteiger partial charge in [-0.05, 0) is 30.9 Å². The minimum atomic E-state index is 0. The van der Waals surface area contributed by atoms with E-state index < -0.39 is 0 Å². The fraction of sp³-hybridized carbons (Fsp3) is 0.550. The highest BCUT2D eigenvalue weighted by atomic mass is 127. The van der Waals surface area contributed by atoms with Crippen molar-refractivity contribution in [3.63, 3.8) is 0 Å². The van der Waals surface area contributed by atoms with Crippen LogP contribution in [0.5, 0.6) is 0 Å². The Morgan fingerprint density at radius 1 is 1.16 bits per heavy atom. The molecular weight excluding hydrogens is 423 g/mol. The van der Waals surface area contributed by atoms with Crippen molar-refractivity contribution in [3.8, 4) is 0 Å². The summed E-state index contributed by atoms with van der Waals surface area (Å²) in [5.41, 5.74) is 2.74. The van der Waals surface area contributed by atoms with Crippen LogP contribution in [-0.4, -0.2) is 54.5 Å². The average molecular weight is 454 g/mol. The van der Waals surface area contributed by atoms with Gasteiger partial charge in [-0.3, -0.25) is 4.90 Å². The summed E-state index contributed by atoms with van der Waals surface area (Å²) in [4.78, 5) is 9.93. The van der Waals surface area contributed by atoms with E-state index in [1.54, 1.807) is 0 Å². The summed E-state index contributed by atoms with van der Waals surface area (Å²) in [6.07, 6.45) is 6.86. The van der Waals surface area contributed by atoms with Gasteiger partial charge in [-0.2, -0.15) is 0 Å². The Kier molecular flexibility index (Phi) is 8.22. The molecule has 1 aromatic rings. The summed E-state index contributed by atoms with van der Waals surface area (Å²) < 4.78 is 0. The monoisotopic (exact) mass is 454 g/mol. The maximum atomic E-state index is 4.93. The first-order chi connectivity index (χ1) is 11.8. The molecule has 25 heavy (non-hydrogen) atoms. The zero-order chi connectivity index (χ0) is 16.8. The highest BCUT2D eigenvalue weighted by Gasteiger charge is 2.29. The zero-order valence-electron chi connectivity index (χ0n) is 15.4. The second-order valence-corrected chi connectivity index (χ2v) is 6.61. The second-order valence-electron chi connectivity index (χ2n) is 6.61. The maximum absolute atomic E-state index is 4.93. The minimum absolute atomic E-state index is 0. The van der Waals surface area contributed by atoms with Crippen molar-refractivity contribution < 1.29 is 0 Å². The molecule has 1 N–H and O–H groups in total. The van der Waals surface area contributed by atoms with Gasteiger partial charge < -0.3 is 10.2 Å². The number of hydrogen-bond acceptors (Lipinski definition) is 2. The molecular formula is C20H31IN4. The fourth-order valence-electron chi connectivity index (χ4n) is 3.67. The Hall–Kier alpha value is -1.08. The van der Waals surface area contributed by atoms with Gasteiger partial charge in [0, 0.05) is 38.8 Å². The molecule has 1 unspecified atom stereocenters. The van der Waals surface area contributed by atoms with Crippen molar-refractivity contribution >= 4 is 29.9 Å². The summed E-state index contributed by atoms with van der Waals surface area (Å²) in [6.45, 7) is 10.4. The molecule has 0 amide bonds. The van der Waals surface area contributed by atoms with Gasteiger partial charge in [0.1, 0.15) is 0 Å². The molecule has 1 saturated heterocycles. The van der Waals surface area contributed by atoms with E-state index >= 15 is 0 Å². The fourth-order valence-corrected chi connectivity index (χ4v) is 3.67. The smallest absolute Gasteiger partial charge is 0.194 e. The molecule has 0 aromatic heterocycles. The number of halogens is 1. The number of likely N-dealkylation sites (tertiary alicyclic amines) is 1. The Morgan fingerprint density at radius 3 is 2.56 bits per heavy atom. The van der Waals surface area contributed by atoms with Crippen molar-refractivity contribution in [1.82, 2.24) is 15.1 Å². The molecule has 2 aliphatic rings. The van der Waals surface area contributed by atoms with E-state index in [0.29, 0.717) is 6.04 Å². The van der Waals surface area contributed by atoms with Gasteiger partial charge >= 0.3 is 0 Å². The van der Waals surface area contributed by atoms with E-state index in [1.165, 1.54) is 17.5 Å². The van der Waals surface area contributed by atoms with Crippen LogP contribution in [0.2, 0.25) is 0 Å². The Labute approximate surface area is 169 Å². The number of aryl methyl sites for hydroxylation is 1. The first-order valence-electron chi connectivity index (χ1n) is 9.31. The number of nitrogens with one attached hydrogen (secondary N) is 1. The molecule has 0 saturated carbocycles. The number of hydrogen-bond donors (Lipinski definition) is 1. The molecule has 4 nitrogen and oxygen atoms in total. The van der Waals surface area contributed by atoms with E-state index in [2.05, 4.69) is 65.4 Å². The second kappa shape index (κ2) is 10.2. The predicted octanol–water partition coefficient (Wildman–Crippen LogP) is 3.28. The van der Waals surface area contributed by atoms with Gasteiger partial charge in [0.25, 0.3) is 0 Å². The molecule has 0 radical (unpaired) electrons. The first-order valence-corrected chi connectivity index (χ1v) is 9.31. The summed E-state index contributed by atoms with van der Waals surface area (Å²) >= 11 is 0. The zero-order valence-corrected chi connectivity index (χ0v) is 17.8. The summed E-state index contributed by atoms with van der Waals surface area (Å²) in [5.74, 6) is 1.07. The molecule has 0 aliphatic carbocycles. The van der Waals surface area contributed by atoms with E-state index in [9.17, 15) is 0 Å². The lowest BCUT2D eigenvalue weighted by atomic mass is 10.1. The van der Waals surface area contributed by atoms with Crippen LogP contribution in [0.15, 0.2) is 41.4 Å². The van der Waals surface area contributed by atoms with Crippen LogP contribution < -0.4 is 5.32 Å². The Morgan fingerprint density at radius 2 is 1.88 bits per heavy atom. The van der Waals surface area contributed by atoms with Crippen LogP contribution in [0.25, 0.3) is 0 Å². The minimum Gasteiger partial charge on any atom is -0.357 e. The van der Waals surface area contributed by atoms with Gasteiger partial charge in [-0.15, -0.1) is 24.0 Å². The highest BCUT2D eigenvalue weighted by molar-refractivity contribution is 14.0. The van der Waals surface area contributed by atoms with E-state index in [1.807, 2.05) is 0 Å².